The molecule has 0 aliphatic heterocycles. The average Bonchev–Trinajstić information content (AvgIpc) is 2.83. The molecular formula is C24H31ClN4O7S. The number of anilines is 1. The van der Waals surface area contributed by atoms with E-state index in [9.17, 15) is 28.1 Å². The van der Waals surface area contributed by atoms with Crippen molar-refractivity contribution in [2.75, 3.05) is 30.8 Å². The number of nitrogens with one attached hydrogen (secondary N) is 1. The van der Waals surface area contributed by atoms with Crippen LogP contribution in [0.15, 0.2) is 42.5 Å². The van der Waals surface area contributed by atoms with Crippen LogP contribution in [0, 0.1) is 16.0 Å². The van der Waals surface area contributed by atoms with Crippen molar-refractivity contribution in [2.45, 2.75) is 33.4 Å². The highest BCUT2D eigenvalue weighted by Gasteiger charge is 2.32. The summed E-state index contributed by atoms with van der Waals surface area (Å²) in [7, 11) is -2.84. The van der Waals surface area contributed by atoms with E-state index in [0.29, 0.717) is 17.1 Å². The fraction of sp³-hybridized carbons (Fsp3) is 0.417. The van der Waals surface area contributed by atoms with E-state index in [-0.39, 0.29) is 29.6 Å². The lowest BCUT2D eigenvalue weighted by Gasteiger charge is -2.32. The van der Waals surface area contributed by atoms with E-state index in [4.69, 9.17) is 16.3 Å². The number of hydrogen-bond donors (Lipinski definition) is 1. The molecule has 2 amide bonds. The van der Waals surface area contributed by atoms with Crippen molar-refractivity contribution in [3.63, 3.8) is 0 Å². The summed E-state index contributed by atoms with van der Waals surface area (Å²) in [5.41, 5.74) is -0.00623. The summed E-state index contributed by atoms with van der Waals surface area (Å²) in [6, 6.07) is 9.23. The molecule has 0 aromatic heterocycles. The third-order valence-electron chi connectivity index (χ3n) is 5.47. The zero-order valence-electron chi connectivity index (χ0n) is 21.3. The molecule has 0 radical (unpaired) electrons. The van der Waals surface area contributed by atoms with Crippen LogP contribution in [0.1, 0.15) is 26.3 Å². The largest absolute Gasteiger partial charge is 0.495 e. The fourth-order valence-electron chi connectivity index (χ4n) is 3.43. The van der Waals surface area contributed by atoms with Gasteiger partial charge in [-0.15, -0.1) is 0 Å². The van der Waals surface area contributed by atoms with Crippen molar-refractivity contribution in [3.05, 3.63) is 63.2 Å². The summed E-state index contributed by atoms with van der Waals surface area (Å²) in [5.74, 6) is -0.950. The van der Waals surface area contributed by atoms with Gasteiger partial charge in [0.25, 0.3) is 5.69 Å². The molecule has 2 aromatic carbocycles. The summed E-state index contributed by atoms with van der Waals surface area (Å²) in [5, 5.41) is 14.5. The number of halogens is 1. The molecule has 0 spiro atoms. The van der Waals surface area contributed by atoms with Crippen LogP contribution in [0.2, 0.25) is 5.02 Å². The van der Waals surface area contributed by atoms with Gasteiger partial charge in [-0.1, -0.05) is 43.6 Å². The molecule has 1 atom stereocenters. The highest BCUT2D eigenvalue weighted by molar-refractivity contribution is 7.92. The maximum absolute atomic E-state index is 13.6. The first kappa shape index (κ1) is 29.8. The Morgan fingerprint density at radius 1 is 1.16 bits per heavy atom. The number of nitro groups is 1. The van der Waals surface area contributed by atoms with E-state index in [1.54, 1.807) is 24.3 Å². The second kappa shape index (κ2) is 12.7. The van der Waals surface area contributed by atoms with Crippen LogP contribution in [-0.2, 0) is 26.2 Å². The standard InChI is InChI=1S/C24H31ClN4O7S/c1-16(2)13-26-24(31)17(3)27(14-18-8-6-7-9-20(18)25)23(30)15-28(37(5,34)35)21-12-19(29(32)33)10-11-22(21)36-4/h6-12,16-17H,13-15H2,1-5H3,(H,26,31)/t17-/m1/s1. The van der Waals surface area contributed by atoms with Gasteiger partial charge in [0.2, 0.25) is 21.8 Å². The zero-order valence-corrected chi connectivity index (χ0v) is 22.9. The Hall–Kier alpha value is -3.38. The van der Waals surface area contributed by atoms with E-state index < -0.39 is 39.3 Å². The third-order valence-corrected chi connectivity index (χ3v) is 6.97. The topological polar surface area (TPSA) is 139 Å². The lowest BCUT2D eigenvalue weighted by atomic mass is 10.1. The van der Waals surface area contributed by atoms with Crippen molar-refractivity contribution in [1.29, 1.82) is 0 Å². The predicted molar refractivity (Wildman–Crippen MR) is 141 cm³/mol. The molecule has 0 saturated carbocycles. The first-order valence-corrected chi connectivity index (χ1v) is 13.6. The normalized spacial score (nSPS) is 12.1. The van der Waals surface area contributed by atoms with Crippen molar-refractivity contribution in [2.24, 2.45) is 5.92 Å². The maximum atomic E-state index is 13.6. The van der Waals surface area contributed by atoms with Crippen LogP contribution in [0.4, 0.5) is 11.4 Å². The third kappa shape index (κ3) is 8.05. The molecule has 2 rings (SSSR count). The molecule has 0 unspecified atom stereocenters. The van der Waals surface area contributed by atoms with Gasteiger partial charge in [0.15, 0.2) is 0 Å². The molecule has 1 N–H and O–H groups in total. The number of methoxy groups -OCH3 is 1. The molecule has 0 bridgehead atoms. The number of hydrogen-bond acceptors (Lipinski definition) is 7. The Bertz CT molecular complexity index is 1250. The molecular weight excluding hydrogens is 524 g/mol. The molecule has 13 heteroatoms. The molecule has 11 nitrogen and oxygen atoms in total. The lowest BCUT2D eigenvalue weighted by molar-refractivity contribution is -0.384. The van der Waals surface area contributed by atoms with Gasteiger partial charge >= 0.3 is 0 Å². The van der Waals surface area contributed by atoms with Crippen LogP contribution >= 0.6 is 11.6 Å². The Labute approximate surface area is 221 Å². The van der Waals surface area contributed by atoms with Gasteiger partial charge in [-0.05, 0) is 30.5 Å². The fourth-order valence-corrected chi connectivity index (χ4v) is 4.47. The highest BCUT2D eigenvalue weighted by atomic mass is 35.5. The molecule has 0 aliphatic rings. The number of non-ortho nitro benzene ring substituents is 1. The number of amides is 2. The Morgan fingerprint density at radius 2 is 1.81 bits per heavy atom. The lowest BCUT2D eigenvalue weighted by Crippen LogP contribution is -2.51. The monoisotopic (exact) mass is 554 g/mol. The molecule has 202 valence electrons. The number of carbonyl (C=O) groups excluding carboxylic acids is 2. The van der Waals surface area contributed by atoms with E-state index in [1.807, 2.05) is 13.8 Å². The maximum Gasteiger partial charge on any atom is 0.271 e. The van der Waals surface area contributed by atoms with Gasteiger partial charge in [0.1, 0.15) is 24.0 Å². The Morgan fingerprint density at radius 3 is 2.35 bits per heavy atom. The van der Waals surface area contributed by atoms with Gasteiger partial charge in [-0.3, -0.25) is 24.0 Å². The van der Waals surface area contributed by atoms with Gasteiger partial charge in [0.05, 0.1) is 18.3 Å². The number of rotatable bonds is 12. The van der Waals surface area contributed by atoms with Gasteiger partial charge in [0, 0.05) is 30.2 Å². The second-order valence-corrected chi connectivity index (χ2v) is 11.1. The van der Waals surface area contributed by atoms with Gasteiger partial charge < -0.3 is 15.0 Å². The van der Waals surface area contributed by atoms with Crippen molar-refractivity contribution < 1.29 is 27.7 Å². The number of nitrogens with zero attached hydrogens (tertiary/aromatic N) is 3. The Balaban J connectivity index is 2.51. The van der Waals surface area contributed by atoms with Crippen molar-refractivity contribution in [1.82, 2.24) is 10.2 Å². The summed E-state index contributed by atoms with van der Waals surface area (Å²) < 4.78 is 31.5. The van der Waals surface area contributed by atoms with E-state index in [0.717, 1.165) is 22.7 Å². The zero-order chi connectivity index (χ0) is 27.9. The SMILES string of the molecule is COc1ccc([N+](=O)[O-])cc1N(CC(=O)N(Cc1ccccc1Cl)[C@H](C)C(=O)NCC(C)C)S(C)(=O)=O. The summed E-state index contributed by atoms with van der Waals surface area (Å²) in [6.07, 6.45) is 0.871. The molecule has 2 aromatic rings. The molecule has 37 heavy (non-hydrogen) atoms. The highest BCUT2D eigenvalue weighted by Crippen LogP contribution is 2.34. The van der Waals surface area contributed by atoms with E-state index >= 15 is 0 Å². The minimum atomic E-state index is -4.11. The van der Waals surface area contributed by atoms with E-state index in [2.05, 4.69) is 5.32 Å². The first-order valence-electron chi connectivity index (χ1n) is 11.4. The smallest absolute Gasteiger partial charge is 0.271 e. The number of nitro benzene ring substituents is 1. The Kier molecular flexibility index (Phi) is 10.3. The van der Waals surface area contributed by atoms with Crippen molar-refractivity contribution >= 4 is 44.8 Å². The number of ether oxygens (including phenoxy) is 1. The average molecular weight is 555 g/mol. The van der Waals surface area contributed by atoms with Crippen LogP contribution in [0.25, 0.3) is 0 Å². The molecule has 0 heterocycles. The van der Waals surface area contributed by atoms with Crippen LogP contribution in [0.5, 0.6) is 5.75 Å². The van der Waals surface area contributed by atoms with Crippen LogP contribution in [-0.4, -0.2) is 62.6 Å². The number of sulfonamides is 1. The molecule has 0 saturated heterocycles. The number of benzene rings is 2. The molecule has 0 aliphatic carbocycles. The summed E-state index contributed by atoms with van der Waals surface area (Å²) >= 11 is 6.30. The van der Waals surface area contributed by atoms with Crippen LogP contribution in [0.3, 0.4) is 0 Å². The minimum absolute atomic E-state index is 0.0178. The molecule has 0 fully saturated rings. The van der Waals surface area contributed by atoms with E-state index in [1.165, 1.54) is 25.0 Å². The predicted octanol–water partition coefficient (Wildman–Crippen LogP) is 3.21. The van der Waals surface area contributed by atoms with Crippen molar-refractivity contribution in [3.8, 4) is 5.75 Å². The second-order valence-electron chi connectivity index (χ2n) is 8.81. The van der Waals surface area contributed by atoms with Gasteiger partial charge in [-0.25, -0.2) is 8.42 Å². The number of carbonyl (C=O) groups is 2. The van der Waals surface area contributed by atoms with Crippen LogP contribution < -0.4 is 14.4 Å². The summed E-state index contributed by atoms with van der Waals surface area (Å²) in [4.78, 5) is 38.4. The minimum Gasteiger partial charge on any atom is -0.495 e. The first-order chi connectivity index (χ1) is 17.3. The quantitative estimate of drug-likeness (QED) is 0.314. The van der Waals surface area contributed by atoms with Gasteiger partial charge in [-0.2, -0.15) is 0 Å². The summed E-state index contributed by atoms with van der Waals surface area (Å²) in [6.45, 7) is 4.96.